The van der Waals surface area contributed by atoms with E-state index in [4.69, 9.17) is 14.7 Å². The molecule has 2 aliphatic heterocycles. The third-order valence-electron chi connectivity index (χ3n) is 3.38. The van der Waals surface area contributed by atoms with Crippen molar-refractivity contribution in [1.82, 2.24) is 0 Å². The molecule has 1 aromatic carbocycles. The number of nitriles is 1. The highest BCUT2D eigenvalue weighted by molar-refractivity contribution is 5.72. The van der Waals surface area contributed by atoms with Gasteiger partial charge in [0, 0.05) is 12.6 Å². The average molecular weight is 261 g/mol. The van der Waals surface area contributed by atoms with Gasteiger partial charge in [-0.3, -0.25) is 10.1 Å². The highest BCUT2D eigenvalue weighted by atomic mass is 16.6. The molecule has 0 spiro atoms. The summed E-state index contributed by atoms with van der Waals surface area (Å²) in [5, 5.41) is 20.1. The molecule has 0 radical (unpaired) electrons. The Morgan fingerprint density at radius 3 is 3.05 bits per heavy atom. The minimum atomic E-state index is -0.562. The molecule has 0 unspecified atom stereocenters. The molecule has 7 heteroatoms. The standard InChI is InChI=1S/C12H11N3O4/c13-5-9-10(15(16)17)1-2-11-12(9)19-7-8-6-18-4-3-14(8)11/h1-2,8H,3-4,6-7H2/t8-/m1/s1. The summed E-state index contributed by atoms with van der Waals surface area (Å²) in [7, 11) is 0. The maximum absolute atomic E-state index is 10.9. The number of fused-ring (bicyclic) bond motifs is 3. The lowest BCUT2D eigenvalue weighted by molar-refractivity contribution is -0.385. The molecule has 7 nitrogen and oxygen atoms in total. The zero-order valence-corrected chi connectivity index (χ0v) is 10.0. The molecule has 1 fully saturated rings. The highest BCUT2D eigenvalue weighted by Gasteiger charge is 2.34. The van der Waals surface area contributed by atoms with Gasteiger partial charge in [0.25, 0.3) is 5.69 Å². The normalized spacial score (nSPS) is 20.8. The Balaban J connectivity index is 2.11. The summed E-state index contributed by atoms with van der Waals surface area (Å²) in [5.74, 6) is 0.315. The van der Waals surface area contributed by atoms with Crippen molar-refractivity contribution in [1.29, 1.82) is 5.26 Å². The fourth-order valence-electron chi connectivity index (χ4n) is 2.48. The zero-order chi connectivity index (χ0) is 13.4. The predicted octanol–water partition coefficient (Wildman–Crippen LogP) is 1.06. The maximum Gasteiger partial charge on any atom is 0.291 e. The molecule has 0 aromatic heterocycles. The Bertz CT molecular complexity index is 581. The summed E-state index contributed by atoms with van der Waals surface area (Å²) in [6.45, 7) is 2.25. The first-order chi connectivity index (χ1) is 9.22. The van der Waals surface area contributed by atoms with Crippen LogP contribution in [0.1, 0.15) is 5.56 Å². The third kappa shape index (κ3) is 1.77. The van der Waals surface area contributed by atoms with E-state index in [1.807, 2.05) is 6.07 Å². The van der Waals surface area contributed by atoms with Gasteiger partial charge in [-0.05, 0) is 6.07 Å². The second-order valence-electron chi connectivity index (χ2n) is 4.41. The van der Waals surface area contributed by atoms with Gasteiger partial charge in [-0.15, -0.1) is 0 Å². The number of benzene rings is 1. The number of nitrogens with zero attached hydrogens (tertiary/aromatic N) is 3. The summed E-state index contributed by atoms with van der Waals surface area (Å²) in [6.07, 6.45) is 0. The van der Waals surface area contributed by atoms with E-state index in [9.17, 15) is 10.1 Å². The van der Waals surface area contributed by atoms with E-state index in [0.29, 0.717) is 32.1 Å². The SMILES string of the molecule is N#Cc1c([N+](=O)[O-])ccc2c1OC[C@H]1COCCN21. The number of nitro groups is 1. The van der Waals surface area contributed by atoms with Crippen molar-refractivity contribution < 1.29 is 14.4 Å². The Labute approximate surface area is 109 Å². The van der Waals surface area contributed by atoms with Crippen LogP contribution in [-0.4, -0.2) is 37.3 Å². The molecule has 1 aromatic rings. The van der Waals surface area contributed by atoms with Crippen LogP contribution >= 0.6 is 0 Å². The molecule has 3 rings (SSSR count). The van der Waals surface area contributed by atoms with Crippen molar-refractivity contribution in [3.63, 3.8) is 0 Å². The fourth-order valence-corrected chi connectivity index (χ4v) is 2.48. The van der Waals surface area contributed by atoms with E-state index < -0.39 is 4.92 Å². The van der Waals surface area contributed by atoms with Crippen molar-refractivity contribution in [3.05, 3.63) is 27.8 Å². The van der Waals surface area contributed by atoms with Crippen LogP contribution in [0.25, 0.3) is 0 Å². The first kappa shape index (κ1) is 11.7. The van der Waals surface area contributed by atoms with Gasteiger partial charge in [-0.2, -0.15) is 5.26 Å². The molecule has 0 bridgehead atoms. The number of morpholine rings is 1. The van der Waals surface area contributed by atoms with Crippen LogP contribution in [0.4, 0.5) is 11.4 Å². The van der Waals surface area contributed by atoms with Crippen LogP contribution in [0.5, 0.6) is 5.75 Å². The van der Waals surface area contributed by atoms with Crippen LogP contribution in [0.2, 0.25) is 0 Å². The molecule has 1 atom stereocenters. The van der Waals surface area contributed by atoms with Gasteiger partial charge in [0.15, 0.2) is 11.3 Å². The van der Waals surface area contributed by atoms with Gasteiger partial charge in [0.2, 0.25) is 0 Å². The lowest BCUT2D eigenvalue weighted by Crippen LogP contribution is -2.51. The lowest BCUT2D eigenvalue weighted by Gasteiger charge is -2.41. The predicted molar refractivity (Wildman–Crippen MR) is 65.3 cm³/mol. The van der Waals surface area contributed by atoms with Crippen molar-refractivity contribution >= 4 is 11.4 Å². The summed E-state index contributed by atoms with van der Waals surface area (Å²) in [5.41, 5.74) is 0.516. The van der Waals surface area contributed by atoms with E-state index in [1.54, 1.807) is 6.07 Å². The van der Waals surface area contributed by atoms with Gasteiger partial charge < -0.3 is 14.4 Å². The molecule has 0 amide bonds. The molecule has 0 saturated carbocycles. The van der Waals surface area contributed by atoms with E-state index in [1.165, 1.54) is 6.07 Å². The third-order valence-corrected chi connectivity index (χ3v) is 3.38. The highest BCUT2D eigenvalue weighted by Crippen LogP contribution is 2.41. The topological polar surface area (TPSA) is 88.6 Å². The molecule has 2 heterocycles. The molecular formula is C12H11N3O4. The largest absolute Gasteiger partial charge is 0.487 e. The lowest BCUT2D eigenvalue weighted by atomic mass is 10.1. The minimum absolute atomic E-state index is 0.00700. The van der Waals surface area contributed by atoms with Crippen LogP contribution in [-0.2, 0) is 4.74 Å². The van der Waals surface area contributed by atoms with Crippen molar-refractivity contribution in [2.45, 2.75) is 6.04 Å². The van der Waals surface area contributed by atoms with Crippen LogP contribution in [0, 0.1) is 21.4 Å². The first-order valence-corrected chi connectivity index (χ1v) is 5.91. The average Bonchev–Trinajstić information content (AvgIpc) is 2.45. The van der Waals surface area contributed by atoms with E-state index in [2.05, 4.69) is 4.90 Å². The fraction of sp³-hybridized carbons (Fsp3) is 0.417. The zero-order valence-electron chi connectivity index (χ0n) is 10.0. The number of rotatable bonds is 1. The number of anilines is 1. The molecule has 1 saturated heterocycles. The molecule has 2 aliphatic rings. The number of nitro benzene ring substituents is 1. The molecule has 19 heavy (non-hydrogen) atoms. The van der Waals surface area contributed by atoms with Crippen LogP contribution < -0.4 is 9.64 Å². The quantitative estimate of drug-likeness (QED) is 0.555. The van der Waals surface area contributed by atoms with Crippen molar-refractivity contribution in [2.24, 2.45) is 0 Å². The summed E-state index contributed by atoms with van der Waals surface area (Å²) >= 11 is 0. The second kappa shape index (κ2) is 4.40. The summed E-state index contributed by atoms with van der Waals surface area (Å²) in [6, 6.07) is 4.99. The summed E-state index contributed by atoms with van der Waals surface area (Å²) < 4.78 is 10.9. The molecule has 98 valence electrons. The first-order valence-electron chi connectivity index (χ1n) is 5.91. The van der Waals surface area contributed by atoms with Gasteiger partial charge in [0.1, 0.15) is 12.7 Å². The van der Waals surface area contributed by atoms with E-state index in [0.717, 1.165) is 5.69 Å². The van der Waals surface area contributed by atoms with Crippen molar-refractivity contribution in [3.8, 4) is 11.8 Å². The smallest absolute Gasteiger partial charge is 0.291 e. The van der Waals surface area contributed by atoms with E-state index >= 15 is 0 Å². The van der Waals surface area contributed by atoms with Crippen LogP contribution in [0.15, 0.2) is 12.1 Å². The van der Waals surface area contributed by atoms with Gasteiger partial charge in [0.05, 0.1) is 29.9 Å². The summed E-state index contributed by atoms with van der Waals surface area (Å²) in [4.78, 5) is 12.4. The van der Waals surface area contributed by atoms with E-state index in [-0.39, 0.29) is 17.3 Å². The monoisotopic (exact) mass is 261 g/mol. The Morgan fingerprint density at radius 1 is 1.47 bits per heavy atom. The number of hydrogen-bond donors (Lipinski definition) is 0. The number of ether oxygens (including phenoxy) is 2. The van der Waals surface area contributed by atoms with Gasteiger partial charge in [-0.25, -0.2) is 0 Å². The molecule has 0 N–H and O–H groups in total. The van der Waals surface area contributed by atoms with Crippen molar-refractivity contribution in [2.75, 3.05) is 31.3 Å². The molecule has 0 aliphatic carbocycles. The maximum atomic E-state index is 10.9. The Kier molecular flexibility index (Phi) is 2.72. The Morgan fingerprint density at radius 2 is 2.32 bits per heavy atom. The minimum Gasteiger partial charge on any atom is -0.487 e. The van der Waals surface area contributed by atoms with Gasteiger partial charge >= 0.3 is 0 Å². The Hall–Kier alpha value is -2.33. The molecular weight excluding hydrogens is 250 g/mol. The van der Waals surface area contributed by atoms with Crippen LogP contribution in [0.3, 0.4) is 0 Å². The second-order valence-corrected chi connectivity index (χ2v) is 4.41. The number of hydrogen-bond acceptors (Lipinski definition) is 6. The van der Waals surface area contributed by atoms with Gasteiger partial charge in [-0.1, -0.05) is 0 Å².